The van der Waals surface area contributed by atoms with Gasteiger partial charge in [0.2, 0.25) is 25.1 Å². The van der Waals surface area contributed by atoms with E-state index < -0.39 is 0 Å². The lowest BCUT2D eigenvalue weighted by atomic mass is 9.93. The third kappa shape index (κ3) is 3.28. The average molecular weight is 470 g/mol. The Morgan fingerprint density at radius 3 is 2.12 bits per heavy atom. The molecule has 0 aromatic heterocycles. The van der Waals surface area contributed by atoms with E-state index in [4.69, 9.17) is 33.2 Å². The van der Waals surface area contributed by atoms with Crippen LogP contribution in [-0.2, 0) is 11.3 Å². The van der Waals surface area contributed by atoms with Crippen LogP contribution in [0.5, 0.6) is 34.5 Å². The van der Waals surface area contributed by atoms with E-state index in [-0.39, 0.29) is 19.5 Å². The van der Waals surface area contributed by atoms with E-state index in [2.05, 4.69) is 4.90 Å². The molecule has 0 spiro atoms. The van der Waals surface area contributed by atoms with E-state index >= 15 is 0 Å². The van der Waals surface area contributed by atoms with Gasteiger partial charge in [-0.3, -0.25) is 9.69 Å². The molecule has 0 unspecified atom stereocenters. The highest BCUT2D eigenvalue weighted by molar-refractivity contribution is 6.07. The Labute approximate surface area is 196 Å². The molecule has 0 atom stereocenters. The standard InChI is InChI=1S/C24H26N2O8/c1-28-16-9-14-11-26(4-3-25-5-7-30-8-6-25)24(27)15-10-17(29-2)21-23(34-13-32-21)19(15)18(14)22-20(16)31-12-33-22/h9-10H,3-8,11-13H2,1-2H3. The minimum Gasteiger partial charge on any atom is -0.493 e. The van der Waals surface area contributed by atoms with Gasteiger partial charge >= 0.3 is 0 Å². The van der Waals surface area contributed by atoms with Gasteiger partial charge in [0.05, 0.1) is 33.0 Å². The SMILES string of the molecule is COc1cc2c(c3c1OCO3)-c1c(cc(OC)c3c1OCO3)C(=O)N(CCN1CCOCC1)C2. The topological polar surface area (TPSA) is 88.2 Å². The molecule has 2 aromatic carbocycles. The van der Waals surface area contributed by atoms with Crippen LogP contribution >= 0.6 is 0 Å². The first-order valence-electron chi connectivity index (χ1n) is 11.3. The first kappa shape index (κ1) is 21.2. The minimum absolute atomic E-state index is 0.0438. The van der Waals surface area contributed by atoms with E-state index in [9.17, 15) is 4.79 Å². The van der Waals surface area contributed by atoms with Gasteiger partial charge in [-0.25, -0.2) is 0 Å². The highest BCUT2D eigenvalue weighted by Gasteiger charge is 2.39. The molecule has 0 N–H and O–H groups in total. The summed E-state index contributed by atoms with van der Waals surface area (Å²) in [6, 6.07) is 3.65. The summed E-state index contributed by atoms with van der Waals surface area (Å²) in [5.41, 5.74) is 2.75. The van der Waals surface area contributed by atoms with Crippen molar-refractivity contribution >= 4 is 5.91 Å². The van der Waals surface area contributed by atoms with Crippen LogP contribution in [0.1, 0.15) is 15.9 Å². The van der Waals surface area contributed by atoms with Gasteiger partial charge in [0.1, 0.15) is 0 Å². The molecule has 180 valence electrons. The number of benzene rings is 2. The number of morpholine rings is 1. The normalized spacial score (nSPS) is 18.4. The maximum absolute atomic E-state index is 13.9. The van der Waals surface area contributed by atoms with Crippen LogP contribution in [0.25, 0.3) is 11.1 Å². The van der Waals surface area contributed by atoms with Crippen molar-refractivity contribution in [2.75, 3.05) is 67.2 Å². The van der Waals surface area contributed by atoms with Crippen LogP contribution in [0.4, 0.5) is 0 Å². The van der Waals surface area contributed by atoms with Gasteiger partial charge in [0.15, 0.2) is 23.0 Å². The first-order chi connectivity index (χ1) is 16.7. The number of nitrogens with zero attached hydrogens (tertiary/aromatic N) is 2. The number of hydrogen-bond acceptors (Lipinski definition) is 9. The highest BCUT2D eigenvalue weighted by Crippen LogP contribution is 2.57. The summed E-state index contributed by atoms with van der Waals surface area (Å²) in [4.78, 5) is 18.1. The zero-order valence-corrected chi connectivity index (χ0v) is 19.2. The molecule has 10 heteroatoms. The summed E-state index contributed by atoms with van der Waals surface area (Å²) < 4.78 is 39.8. The number of ether oxygens (including phenoxy) is 7. The van der Waals surface area contributed by atoms with Crippen LogP contribution in [0, 0.1) is 0 Å². The van der Waals surface area contributed by atoms with Crippen molar-refractivity contribution in [3.05, 3.63) is 23.3 Å². The zero-order valence-electron chi connectivity index (χ0n) is 19.2. The third-order valence-electron chi connectivity index (χ3n) is 6.66. The summed E-state index contributed by atoms with van der Waals surface area (Å²) >= 11 is 0. The molecule has 6 rings (SSSR count). The van der Waals surface area contributed by atoms with Crippen LogP contribution < -0.4 is 28.4 Å². The summed E-state index contributed by atoms with van der Waals surface area (Å²) in [5, 5.41) is 0. The van der Waals surface area contributed by atoms with E-state index in [1.165, 1.54) is 0 Å². The third-order valence-corrected chi connectivity index (χ3v) is 6.66. The van der Waals surface area contributed by atoms with Gasteiger partial charge in [0, 0.05) is 43.9 Å². The van der Waals surface area contributed by atoms with E-state index in [0.717, 1.165) is 30.8 Å². The van der Waals surface area contributed by atoms with Crippen molar-refractivity contribution in [3.63, 3.8) is 0 Å². The molecular formula is C24H26N2O8. The monoisotopic (exact) mass is 470 g/mol. The van der Waals surface area contributed by atoms with Gasteiger partial charge < -0.3 is 38.1 Å². The Bertz CT molecular complexity index is 1140. The van der Waals surface area contributed by atoms with Gasteiger partial charge in [0.25, 0.3) is 5.91 Å². The maximum atomic E-state index is 13.9. The number of hydrogen-bond donors (Lipinski definition) is 0. The van der Waals surface area contributed by atoms with Gasteiger partial charge in [-0.15, -0.1) is 0 Å². The maximum Gasteiger partial charge on any atom is 0.255 e. The van der Waals surface area contributed by atoms with Crippen molar-refractivity contribution in [1.29, 1.82) is 0 Å². The molecular weight excluding hydrogens is 444 g/mol. The molecule has 0 bridgehead atoms. The summed E-state index contributed by atoms with van der Waals surface area (Å²) in [7, 11) is 3.14. The van der Waals surface area contributed by atoms with E-state index in [1.54, 1.807) is 20.3 Å². The van der Waals surface area contributed by atoms with Crippen LogP contribution in [0.15, 0.2) is 12.1 Å². The quantitative estimate of drug-likeness (QED) is 0.652. The largest absolute Gasteiger partial charge is 0.493 e. The predicted molar refractivity (Wildman–Crippen MR) is 119 cm³/mol. The van der Waals surface area contributed by atoms with E-state index in [1.807, 2.05) is 11.0 Å². The summed E-state index contributed by atoms with van der Waals surface area (Å²) in [6.45, 7) is 4.95. The molecule has 1 amide bonds. The first-order valence-corrected chi connectivity index (χ1v) is 11.3. The summed E-state index contributed by atoms with van der Waals surface area (Å²) in [6.07, 6.45) is 0. The molecule has 0 radical (unpaired) electrons. The number of methoxy groups -OCH3 is 2. The average Bonchev–Trinajstić information content (AvgIpc) is 3.54. The molecule has 4 aliphatic heterocycles. The fourth-order valence-corrected chi connectivity index (χ4v) is 4.96. The summed E-state index contributed by atoms with van der Waals surface area (Å²) in [5.74, 6) is 2.93. The number of amides is 1. The molecule has 4 aliphatic rings. The molecule has 0 saturated carbocycles. The van der Waals surface area contributed by atoms with Crippen LogP contribution in [-0.4, -0.2) is 82.9 Å². The van der Waals surface area contributed by atoms with Crippen molar-refractivity contribution in [2.45, 2.75) is 6.54 Å². The minimum atomic E-state index is -0.109. The second-order valence-electron chi connectivity index (χ2n) is 8.42. The lowest BCUT2D eigenvalue weighted by Crippen LogP contribution is -2.42. The molecule has 0 aliphatic carbocycles. The predicted octanol–water partition coefficient (Wildman–Crippen LogP) is 2.12. The second kappa shape index (κ2) is 8.44. The Balaban J connectivity index is 1.51. The molecule has 1 fully saturated rings. The molecule has 1 saturated heterocycles. The van der Waals surface area contributed by atoms with Crippen molar-refractivity contribution in [3.8, 4) is 45.6 Å². The Kier molecular flexibility index (Phi) is 5.26. The fraction of sp³-hybridized carbons (Fsp3) is 0.458. The Hall–Kier alpha value is -3.37. The molecule has 4 heterocycles. The van der Waals surface area contributed by atoms with Gasteiger partial charge in [-0.1, -0.05) is 0 Å². The smallest absolute Gasteiger partial charge is 0.255 e. The van der Waals surface area contributed by atoms with Crippen molar-refractivity contribution in [1.82, 2.24) is 9.80 Å². The lowest BCUT2D eigenvalue weighted by Gasteiger charge is -2.30. The second-order valence-corrected chi connectivity index (χ2v) is 8.42. The van der Waals surface area contributed by atoms with Crippen molar-refractivity contribution < 1.29 is 38.0 Å². The Morgan fingerprint density at radius 2 is 1.44 bits per heavy atom. The number of carbonyl (C=O) groups is 1. The molecule has 34 heavy (non-hydrogen) atoms. The van der Waals surface area contributed by atoms with E-state index in [0.29, 0.717) is 71.9 Å². The fourth-order valence-electron chi connectivity index (χ4n) is 4.96. The van der Waals surface area contributed by atoms with Crippen LogP contribution in [0.2, 0.25) is 0 Å². The number of carbonyl (C=O) groups excluding carboxylic acids is 1. The van der Waals surface area contributed by atoms with Gasteiger partial charge in [-0.2, -0.15) is 0 Å². The number of fused-ring (bicyclic) bond motifs is 7. The van der Waals surface area contributed by atoms with Crippen molar-refractivity contribution in [2.24, 2.45) is 0 Å². The highest BCUT2D eigenvalue weighted by atomic mass is 16.7. The molecule has 10 nitrogen and oxygen atoms in total. The van der Waals surface area contributed by atoms with Crippen LogP contribution in [0.3, 0.4) is 0 Å². The lowest BCUT2D eigenvalue weighted by molar-refractivity contribution is 0.0321. The Morgan fingerprint density at radius 1 is 0.824 bits per heavy atom. The van der Waals surface area contributed by atoms with Gasteiger partial charge in [-0.05, 0) is 17.7 Å². The zero-order chi connectivity index (χ0) is 23.2. The molecule has 2 aromatic rings. The number of rotatable bonds is 5.